The highest BCUT2D eigenvalue weighted by molar-refractivity contribution is 9.11. The van der Waals surface area contributed by atoms with Crippen molar-refractivity contribution in [2.24, 2.45) is 33.0 Å². The van der Waals surface area contributed by atoms with E-state index in [0.29, 0.717) is 43.3 Å². The van der Waals surface area contributed by atoms with Crippen molar-refractivity contribution in [1.82, 2.24) is 0 Å². The third-order valence-electron chi connectivity index (χ3n) is 16.2. The molecular weight excluding hydrogens is 1680 g/mol. The maximum atomic E-state index is 11.7. The Balaban J connectivity index is -0.000000373. The number of rotatable bonds is 33. The van der Waals surface area contributed by atoms with Gasteiger partial charge in [-0.25, -0.2) is 18.3 Å². The first-order valence-electron chi connectivity index (χ1n) is 34.8. The van der Waals surface area contributed by atoms with Crippen molar-refractivity contribution < 1.29 is 133 Å². The molecule has 28 nitrogen and oxygen atoms in total. The summed E-state index contributed by atoms with van der Waals surface area (Å²) in [6, 6.07) is 24.9. The second-order valence-electron chi connectivity index (χ2n) is 27.5. The third kappa shape index (κ3) is 58.0. The van der Waals surface area contributed by atoms with Gasteiger partial charge in [0.15, 0.2) is 5.75 Å². The zero-order valence-electron chi connectivity index (χ0n) is 66.9. The summed E-state index contributed by atoms with van der Waals surface area (Å²) in [5.41, 5.74) is 0.234. The van der Waals surface area contributed by atoms with Crippen molar-refractivity contribution in [3.8, 4) is 5.75 Å². The van der Waals surface area contributed by atoms with Crippen LogP contribution >= 0.6 is 79.1 Å². The van der Waals surface area contributed by atoms with Crippen LogP contribution in [0.25, 0.3) is 0 Å². The van der Waals surface area contributed by atoms with Gasteiger partial charge in [0, 0.05) is 4.47 Å². The first kappa shape index (κ1) is 112. The lowest BCUT2D eigenvalue weighted by Gasteiger charge is -2.22. The Labute approximate surface area is 661 Å². The molecule has 622 valence electrons. The molecule has 0 saturated carbocycles. The number of phosphoric ester groups is 4. The summed E-state index contributed by atoms with van der Waals surface area (Å²) < 4.78 is 90.0. The Morgan fingerprint density at radius 3 is 0.897 bits per heavy atom. The lowest BCUT2D eigenvalue weighted by Crippen LogP contribution is -2.28. The van der Waals surface area contributed by atoms with Gasteiger partial charge in [-0.3, -0.25) is 46.9 Å². The van der Waals surface area contributed by atoms with Crippen molar-refractivity contribution in [2.45, 2.75) is 235 Å². The number of esters is 6. The molecule has 0 aliphatic heterocycles. The summed E-state index contributed by atoms with van der Waals surface area (Å²) in [6.45, 7) is 41.4. The smallest absolute Gasteiger partial charge is 0.469 e. The molecule has 0 saturated heterocycles. The average Bonchev–Trinajstić information content (AvgIpc) is 0.843. The zero-order valence-corrected chi connectivity index (χ0v) is 75.2. The van der Waals surface area contributed by atoms with E-state index in [1.807, 2.05) is 74.4 Å². The Morgan fingerprint density at radius 1 is 0.402 bits per heavy atom. The van der Waals surface area contributed by atoms with Gasteiger partial charge in [0.1, 0.15) is 38.6 Å². The van der Waals surface area contributed by atoms with Crippen molar-refractivity contribution in [3.63, 3.8) is 0 Å². The number of ether oxygens (including phenoxy) is 6. The van der Waals surface area contributed by atoms with E-state index in [-0.39, 0.29) is 62.9 Å². The summed E-state index contributed by atoms with van der Waals surface area (Å²) in [6.07, 6.45) is 4.88. The number of carbonyl (C=O) groups is 6. The molecular formula is C72H125Br3O28P4. The number of hydrogen-bond donors (Lipinski definition) is 8. The molecule has 3 rings (SSSR count). The quantitative estimate of drug-likeness (QED) is 0.00923. The molecule has 5 atom stereocenters. The summed E-state index contributed by atoms with van der Waals surface area (Å²) in [5.74, 6) is -0.125. The van der Waals surface area contributed by atoms with Crippen molar-refractivity contribution >= 4 is 115 Å². The molecule has 0 fully saturated rings. The third-order valence-corrected chi connectivity index (χ3v) is 20.1. The Kier molecular flexibility index (Phi) is 58.3. The molecule has 0 radical (unpaired) electrons. The van der Waals surface area contributed by atoms with Crippen LogP contribution in [0.4, 0.5) is 0 Å². The van der Waals surface area contributed by atoms with Crippen LogP contribution in [0.3, 0.4) is 0 Å². The van der Waals surface area contributed by atoms with Crippen LogP contribution in [0.1, 0.15) is 234 Å². The second-order valence-corrected chi connectivity index (χ2v) is 35.0. The number of methoxy groups -OCH3 is 1. The van der Waals surface area contributed by atoms with E-state index in [1.165, 1.54) is 44.9 Å². The lowest BCUT2D eigenvalue weighted by atomic mass is 9.91. The number of halogens is 3. The maximum absolute atomic E-state index is 11.7. The fourth-order valence-corrected chi connectivity index (χ4v) is 10.4. The Hall–Kier alpha value is -3.64. The van der Waals surface area contributed by atoms with Crippen molar-refractivity contribution in [3.05, 3.63) is 97.3 Å². The number of hydrogen-bond acceptors (Lipinski definition) is 20. The van der Waals surface area contributed by atoms with Gasteiger partial charge in [-0.2, -0.15) is 0 Å². The highest BCUT2D eigenvalue weighted by Gasteiger charge is 2.32. The van der Waals surface area contributed by atoms with Gasteiger partial charge in [0.05, 0.1) is 62.3 Å². The van der Waals surface area contributed by atoms with Crippen molar-refractivity contribution in [1.29, 1.82) is 0 Å². The predicted octanol–water partition coefficient (Wildman–Crippen LogP) is 18.0. The average molecular weight is 1800 g/mol. The molecule has 0 aromatic heterocycles. The molecule has 0 amide bonds. The van der Waals surface area contributed by atoms with Crippen LogP contribution < -0.4 is 4.74 Å². The predicted molar refractivity (Wildman–Crippen MR) is 422 cm³/mol. The Morgan fingerprint density at radius 2 is 0.673 bits per heavy atom. The monoisotopic (exact) mass is 1800 g/mol. The van der Waals surface area contributed by atoms with Crippen LogP contribution in [0, 0.1) is 33.0 Å². The molecule has 0 heterocycles. The fourth-order valence-electron chi connectivity index (χ4n) is 6.31. The summed E-state index contributed by atoms with van der Waals surface area (Å²) in [7, 11) is -16.6. The lowest BCUT2D eigenvalue weighted by molar-refractivity contribution is -0.157. The van der Waals surface area contributed by atoms with Crippen LogP contribution in [0.15, 0.2) is 86.2 Å². The summed E-state index contributed by atoms with van der Waals surface area (Å²) in [4.78, 5) is 136. The normalized spacial score (nSPS) is 13.1. The highest BCUT2D eigenvalue weighted by Crippen LogP contribution is 2.40. The molecule has 8 N–H and O–H groups in total. The molecule has 0 aliphatic rings. The minimum atomic E-state index is -4.52. The molecule has 5 unspecified atom stereocenters. The minimum Gasteiger partial charge on any atom is -0.469 e. The number of phosphoric acid groups is 4. The molecule has 0 spiro atoms. The van der Waals surface area contributed by atoms with Crippen LogP contribution in [0.5, 0.6) is 5.75 Å². The van der Waals surface area contributed by atoms with E-state index in [0.717, 1.165) is 26.3 Å². The van der Waals surface area contributed by atoms with Crippen LogP contribution in [0.2, 0.25) is 0 Å². The van der Waals surface area contributed by atoms with Crippen LogP contribution in [-0.4, -0.2) is 134 Å². The molecule has 3 aromatic rings. The maximum Gasteiger partial charge on any atom is 0.469 e. The number of benzene rings is 3. The first-order valence-corrected chi connectivity index (χ1v) is 43.3. The number of carbonyl (C=O) groups excluding carboxylic acids is 6. The molecule has 0 bridgehead atoms. The van der Waals surface area contributed by atoms with Gasteiger partial charge in [0.25, 0.3) is 0 Å². The van der Waals surface area contributed by atoms with E-state index < -0.39 is 89.0 Å². The van der Waals surface area contributed by atoms with Gasteiger partial charge in [-0.1, -0.05) is 153 Å². The molecule has 35 heteroatoms. The van der Waals surface area contributed by atoms with Gasteiger partial charge < -0.3 is 67.6 Å². The summed E-state index contributed by atoms with van der Waals surface area (Å²) in [5, 5.41) is 0. The molecule has 107 heavy (non-hydrogen) atoms. The van der Waals surface area contributed by atoms with E-state index >= 15 is 0 Å². The summed E-state index contributed by atoms with van der Waals surface area (Å²) >= 11 is 10.1. The standard InChI is InChI=1S/C11H11Br3O2.2C10H14.2C9H19O6P.2C8H17O6P.C7H14O2/c1-3-6(2)11(15)16-10-8(13)4-7(12)5-9(10)14;2*1-3-9(2)10-7-5-4-6-8-10;2*1-5-9(3,4)8(10)14-6-7(2)15-16(11,12)13;2*1-4-8(2,3)7(9)13-5-6-14-15(10,11)12;1-5-7(2,3)6(8)9-4/h4-6H,3H2,1-2H3;2*4-9H,3H2,1-2H3;2*7H,5-6H2,1-4H3,(H2,11,12,13);2*4-6H2,1-3H3,(H2,10,11,12);5H2,1-4H3. The van der Waals surface area contributed by atoms with Gasteiger partial charge in [0.2, 0.25) is 0 Å². The fraction of sp³-hybridized carbons (Fsp3) is 0.667. The van der Waals surface area contributed by atoms with E-state index in [4.69, 9.17) is 62.8 Å². The SMILES string of the molecule is CCC(C)(C)C(=O)OC.CCC(C)(C)C(=O)OCC(C)OP(=O)(O)O.CCC(C)(C)C(=O)OCC(C)OP(=O)(O)O.CCC(C)(C)C(=O)OCCOP(=O)(O)O.CCC(C)(C)C(=O)OCCOP(=O)(O)O.CCC(C)C(=O)Oc1c(Br)cc(Br)cc1Br.CCC(C)c1ccccc1.CCC(C)c1ccccc1. The topological polar surface area (TPSA) is 425 Å². The van der Waals surface area contributed by atoms with Crippen molar-refractivity contribution in [2.75, 3.05) is 46.8 Å². The van der Waals surface area contributed by atoms with Gasteiger partial charge in [-0.05, 0) is 201 Å². The highest BCUT2D eigenvalue weighted by atomic mass is 79.9. The van der Waals surface area contributed by atoms with E-state index in [1.54, 1.807) is 55.4 Å². The van der Waals surface area contributed by atoms with E-state index in [2.05, 4.69) is 159 Å². The zero-order chi connectivity index (χ0) is 84.8. The van der Waals surface area contributed by atoms with E-state index in [9.17, 15) is 47.0 Å². The molecule has 0 aliphatic carbocycles. The van der Waals surface area contributed by atoms with Gasteiger partial charge in [-0.15, -0.1) is 0 Å². The first-order chi connectivity index (χ1) is 48.7. The second kappa shape index (κ2) is 55.7. The minimum absolute atomic E-state index is 0.0950. The largest absolute Gasteiger partial charge is 0.469 e. The van der Waals surface area contributed by atoms with Crippen LogP contribution in [-0.2, 0) is 88.8 Å². The van der Waals surface area contributed by atoms with Gasteiger partial charge >= 0.3 is 67.1 Å². The molecule has 3 aromatic carbocycles. The Bertz CT molecular complexity index is 3020.